The number of pyridine rings is 1. The minimum atomic E-state index is -4.46. The van der Waals surface area contributed by atoms with E-state index in [1.165, 1.54) is 30.1 Å². The number of anilines is 1. The number of methoxy groups -OCH3 is 2. The highest BCUT2D eigenvalue weighted by atomic mass is 19.4. The second-order valence-electron chi connectivity index (χ2n) is 13.2. The van der Waals surface area contributed by atoms with Crippen LogP contribution in [0.25, 0.3) is 33.4 Å². The van der Waals surface area contributed by atoms with Crippen LogP contribution in [0.4, 0.5) is 18.9 Å². The van der Waals surface area contributed by atoms with Gasteiger partial charge in [-0.2, -0.15) is 13.2 Å². The lowest BCUT2D eigenvalue weighted by Gasteiger charge is -2.36. The molecule has 0 N–H and O–H groups in total. The average Bonchev–Trinajstić information content (AvgIpc) is 3.64. The Bertz CT molecular complexity index is 1620. The third-order valence-electron chi connectivity index (χ3n) is 9.06. The number of rotatable bonds is 11. The number of oxazole rings is 1. The summed E-state index contributed by atoms with van der Waals surface area (Å²) >= 11 is 0. The maximum atomic E-state index is 14.4. The highest BCUT2D eigenvalue weighted by Crippen LogP contribution is 2.44. The summed E-state index contributed by atoms with van der Waals surface area (Å²) in [6.07, 6.45) is 2.84. The summed E-state index contributed by atoms with van der Waals surface area (Å²) in [6, 6.07) is 8.21. The van der Waals surface area contributed by atoms with Crippen LogP contribution in [0.5, 0.6) is 0 Å². The predicted octanol–water partition coefficient (Wildman–Crippen LogP) is 7.13. The van der Waals surface area contributed by atoms with E-state index < -0.39 is 18.8 Å². The van der Waals surface area contributed by atoms with Crippen molar-refractivity contribution in [3.8, 4) is 22.5 Å². The molecule has 1 saturated carbocycles. The lowest BCUT2D eigenvalue weighted by atomic mass is 9.84. The molecule has 1 atom stereocenters. The zero-order valence-electron chi connectivity index (χ0n) is 26.7. The second kappa shape index (κ2) is 12.4. The van der Waals surface area contributed by atoms with Gasteiger partial charge in [0.05, 0.1) is 36.0 Å². The third kappa shape index (κ3) is 6.76. The largest absolute Gasteiger partial charge is 0.451 e. The van der Waals surface area contributed by atoms with Gasteiger partial charge in [0.2, 0.25) is 0 Å². The van der Waals surface area contributed by atoms with Crippen molar-refractivity contribution in [1.29, 1.82) is 0 Å². The van der Waals surface area contributed by atoms with Crippen molar-refractivity contribution in [3.05, 3.63) is 54.4 Å². The van der Waals surface area contributed by atoms with Crippen LogP contribution in [-0.4, -0.2) is 78.7 Å². The molecule has 1 aromatic carbocycles. The van der Waals surface area contributed by atoms with E-state index in [9.17, 15) is 13.2 Å². The molecular weight excluding hydrogens is 583 g/mol. The first-order chi connectivity index (χ1) is 21.5. The number of alkyl halides is 3. The Hall–Kier alpha value is -3.41. The van der Waals surface area contributed by atoms with Crippen LogP contribution in [0.2, 0.25) is 0 Å². The van der Waals surface area contributed by atoms with Crippen LogP contribution in [0.1, 0.15) is 51.0 Å². The van der Waals surface area contributed by atoms with E-state index in [2.05, 4.69) is 28.6 Å². The van der Waals surface area contributed by atoms with Crippen LogP contribution in [0.3, 0.4) is 0 Å². The first-order valence-electron chi connectivity index (χ1n) is 15.6. The minimum absolute atomic E-state index is 0.373. The van der Waals surface area contributed by atoms with Crippen LogP contribution in [0.15, 0.2) is 47.5 Å². The van der Waals surface area contributed by atoms with Gasteiger partial charge in [0.15, 0.2) is 6.39 Å². The number of fused-ring (bicyclic) bond motifs is 1. The van der Waals surface area contributed by atoms with E-state index in [1.54, 1.807) is 26.4 Å². The summed E-state index contributed by atoms with van der Waals surface area (Å²) in [6.45, 7) is 8.94. The summed E-state index contributed by atoms with van der Waals surface area (Å²) in [5, 5.41) is 0.735. The van der Waals surface area contributed by atoms with Crippen molar-refractivity contribution in [2.24, 2.45) is 5.41 Å². The van der Waals surface area contributed by atoms with Gasteiger partial charge in [-0.05, 0) is 55.4 Å². The third-order valence-corrected chi connectivity index (χ3v) is 9.06. The molecule has 1 aliphatic heterocycles. The van der Waals surface area contributed by atoms with Gasteiger partial charge in [0, 0.05) is 68.5 Å². The van der Waals surface area contributed by atoms with Crippen LogP contribution in [-0.2, 0) is 22.4 Å². The molecular formula is C34H42F3N5O3. The number of hydrogen-bond acceptors (Lipinski definition) is 7. The fourth-order valence-electron chi connectivity index (χ4n) is 6.74. The first kappa shape index (κ1) is 31.6. The van der Waals surface area contributed by atoms with Gasteiger partial charge in [-0.3, -0.25) is 9.88 Å². The molecule has 1 aliphatic carbocycles. The lowest BCUT2D eigenvalue weighted by molar-refractivity contribution is -0.139. The average molecular weight is 626 g/mol. The Morgan fingerprint density at radius 3 is 2.42 bits per heavy atom. The van der Waals surface area contributed by atoms with Crippen molar-refractivity contribution in [3.63, 3.8) is 0 Å². The number of aromatic nitrogens is 3. The molecule has 0 amide bonds. The molecule has 11 heteroatoms. The summed E-state index contributed by atoms with van der Waals surface area (Å²) in [4.78, 5) is 14.0. The normalized spacial score (nSPS) is 17.4. The molecule has 45 heavy (non-hydrogen) atoms. The molecule has 242 valence electrons. The Labute approximate surface area is 262 Å². The summed E-state index contributed by atoms with van der Waals surface area (Å²) in [7, 11) is 3.24. The summed E-state index contributed by atoms with van der Waals surface area (Å²) in [5.74, 6) is 0. The van der Waals surface area contributed by atoms with Gasteiger partial charge in [0.1, 0.15) is 18.5 Å². The standard InChI is InChI=1S/C34H42F3N5O3/c1-22(44-5)31-27(15-25(17-38-31)41-12-10-40(11-13-41)24-7-8-24)32-28(16-33(2,3)20-43-4)26-14-23(29-18-45-21-39-29)6-9-30(26)42(32)19-34(35,36)37/h6,9,14-15,17-18,21-22,24H,7-8,10-13,16,19-20H2,1-5H3. The maximum Gasteiger partial charge on any atom is 0.406 e. The van der Waals surface area contributed by atoms with Gasteiger partial charge >= 0.3 is 6.18 Å². The van der Waals surface area contributed by atoms with Crippen molar-refractivity contribution in [2.45, 2.75) is 64.9 Å². The topological polar surface area (TPSA) is 68.8 Å². The molecule has 0 spiro atoms. The predicted molar refractivity (Wildman–Crippen MR) is 168 cm³/mol. The number of halogens is 3. The Kier molecular flexibility index (Phi) is 8.71. The molecule has 2 aliphatic rings. The van der Waals surface area contributed by atoms with E-state index in [1.807, 2.05) is 25.3 Å². The summed E-state index contributed by atoms with van der Waals surface area (Å²) in [5.41, 5.74) is 4.98. The van der Waals surface area contributed by atoms with E-state index >= 15 is 0 Å². The molecule has 4 heterocycles. The molecule has 1 saturated heterocycles. The smallest absolute Gasteiger partial charge is 0.406 e. The molecule has 0 bridgehead atoms. The van der Waals surface area contributed by atoms with E-state index in [-0.39, 0.29) is 5.41 Å². The Balaban J connectivity index is 1.58. The minimum Gasteiger partial charge on any atom is -0.451 e. The van der Waals surface area contributed by atoms with E-state index in [0.29, 0.717) is 47.2 Å². The SMILES string of the molecule is COCC(C)(C)Cc1c(-c2cc(N3CCN(C4CC4)CC3)cnc2C(C)OC)n(CC(F)(F)F)c2ccc(-c3cocn3)cc12. The van der Waals surface area contributed by atoms with Crippen LogP contribution >= 0.6 is 0 Å². The Morgan fingerprint density at radius 1 is 1.04 bits per heavy atom. The number of nitrogens with zero attached hydrogens (tertiary/aromatic N) is 5. The van der Waals surface area contributed by atoms with Crippen LogP contribution in [0, 0.1) is 5.41 Å². The Morgan fingerprint density at radius 2 is 1.80 bits per heavy atom. The van der Waals surface area contributed by atoms with Gasteiger partial charge in [-0.1, -0.05) is 19.9 Å². The van der Waals surface area contributed by atoms with Gasteiger partial charge in [-0.15, -0.1) is 0 Å². The first-order valence-corrected chi connectivity index (χ1v) is 15.6. The lowest BCUT2D eigenvalue weighted by Crippen LogP contribution is -2.47. The molecule has 4 aromatic rings. The van der Waals surface area contributed by atoms with Gasteiger partial charge in [-0.25, -0.2) is 4.98 Å². The number of piperazine rings is 1. The number of hydrogen-bond donors (Lipinski definition) is 0. The quantitative estimate of drug-likeness (QED) is 0.176. The summed E-state index contributed by atoms with van der Waals surface area (Å²) < 4.78 is 61.2. The van der Waals surface area contributed by atoms with Gasteiger partial charge < -0.3 is 23.4 Å². The number of benzene rings is 1. The van der Waals surface area contributed by atoms with Crippen molar-refractivity contribution < 1.29 is 27.1 Å². The highest BCUT2D eigenvalue weighted by molar-refractivity contribution is 5.95. The van der Waals surface area contributed by atoms with Crippen molar-refractivity contribution >= 4 is 16.6 Å². The fraction of sp³-hybridized carbons (Fsp3) is 0.529. The zero-order valence-corrected chi connectivity index (χ0v) is 26.7. The second-order valence-corrected chi connectivity index (χ2v) is 13.2. The van der Waals surface area contributed by atoms with E-state index in [0.717, 1.165) is 48.4 Å². The van der Waals surface area contributed by atoms with Crippen molar-refractivity contribution in [1.82, 2.24) is 19.4 Å². The molecule has 8 nitrogen and oxygen atoms in total. The maximum absolute atomic E-state index is 14.4. The monoisotopic (exact) mass is 625 g/mol. The molecule has 2 fully saturated rings. The van der Waals surface area contributed by atoms with Gasteiger partial charge in [0.25, 0.3) is 0 Å². The van der Waals surface area contributed by atoms with Crippen LogP contribution < -0.4 is 4.90 Å². The van der Waals surface area contributed by atoms with E-state index in [4.69, 9.17) is 18.9 Å². The fourth-order valence-corrected chi connectivity index (χ4v) is 6.74. The molecule has 6 rings (SSSR count). The molecule has 0 radical (unpaired) electrons. The zero-order chi connectivity index (χ0) is 31.9. The molecule has 3 aromatic heterocycles. The van der Waals surface area contributed by atoms with Crippen molar-refractivity contribution in [2.75, 3.05) is 51.9 Å². The number of ether oxygens (including phenoxy) is 2. The highest BCUT2D eigenvalue weighted by Gasteiger charge is 2.35. The molecule has 1 unspecified atom stereocenters.